The standard InChI is InChI=1S/C27H36N6O/c1-21-10-11-24-25(19-21)30-27(29-24)33-14-5-7-22(20-33)26(34)28-12-6-13-31-15-17-32(18-16-31)23-8-3-2-4-9-23/h2-4,8-11,19,22H,5-7,12-18,20H2,1H3,(H,28,34)(H,29,30)/t22-/m1/s1. The molecule has 5 rings (SSSR count). The van der Waals surface area contributed by atoms with Crippen molar-refractivity contribution in [3.8, 4) is 0 Å². The highest BCUT2D eigenvalue weighted by atomic mass is 16.1. The first kappa shape index (κ1) is 22.7. The van der Waals surface area contributed by atoms with Crippen LogP contribution < -0.4 is 15.1 Å². The van der Waals surface area contributed by atoms with E-state index in [0.717, 1.165) is 88.6 Å². The molecule has 0 radical (unpaired) electrons. The van der Waals surface area contributed by atoms with Crippen LogP contribution in [0.25, 0.3) is 11.0 Å². The second-order valence-corrected chi connectivity index (χ2v) is 9.68. The van der Waals surface area contributed by atoms with Gasteiger partial charge in [-0.05, 0) is 62.6 Å². The number of nitrogens with zero attached hydrogens (tertiary/aromatic N) is 4. The number of aromatic amines is 1. The van der Waals surface area contributed by atoms with Crippen LogP contribution in [0.1, 0.15) is 24.8 Å². The molecule has 0 spiro atoms. The summed E-state index contributed by atoms with van der Waals surface area (Å²) in [6.45, 7) is 9.84. The van der Waals surface area contributed by atoms with E-state index >= 15 is 0 Å². The maximum atomic E-state index is 12.9. The van der Waals surface area contributed by atoms with Crippen LogP contribution in [-0.2, 0) is 4.79 Å². The van der Waals surface area contributed by atoms with E-state index in [2.05, 4.69) is 80.5 Å². The van der Waals surface area contributed by atoms with Crippen molar-refractivity contribution in [2.75, 3.05) is 62.2 Å². The molecule has 34 heavy (non-hydrogen) atoms. The van der Waals surface area contributed by atoms with Crippen molar-refractivity contribution in [2.24, 2.45) is 5.92 Å². The summed E-state index contributed by atoms with van der Waals surface area (Å²) >= 11 is 0. The molecule has 2 N–H and O–H groups in total. The van der Waals surface area contributed by atoms with Crippen molar-refractivity contribution < 1.29 is 4.79 Å². The summed E-state index contributed by atoms with van der Waals surface area (Å²) in [5.41, 5.74) is 4.58. The van der Waals surface area contributed by atoms with Gasteiger partial charge < -0.3 is 20.1 Å². The van der Waals surface area contributed by atoms with Crippen molar-refractivity contribution in [1.29, 1.82) is 0 Å². The van der Waals surface area contributed by atoms with E-state index in [1.165, 1.54) is 11.3 Å². The Morgan fingerprint density at radius 3 is 2.71 bits per heavy atom. The summed E-state index contributed by atoms with van der Waals surface area (Å²) < 4.78 is 0. The number of benzene rings is 2. The number of aromatic nitrogens is 2. The highest BCUT2D eigenvalue weighted by molar-refractivity contribution is 5.80. The fourth-order valence-corrected chi connectivity index (χ4v) is 5.17. The zero-order chi connectivity index (χ0) is 23.3. The third-order valence-corrected chi connectivity index (χ3v) is 7.16. The lowest BCUT2D eigenvalue weighted by molar-refractivity contribution is -0.125. The molecule has 1 atom stereocenters. The Balaban J connectivity index is 1.04. The molecular weight excluding hydrogens is 424 g/mol. The predicted octanol–water partition coefficient (Wildman–Crippen LogP) is 3.42. The highest BCUT2D eigenvalue weighted by Crippen LogP contribution is 2.24. The number of hydrogen-bond acceptors (Lipinski definition) is 5. The Morgan fingerprint density at radius 2 is 1.88 bits per heavy atom. The maximum absolute atomic E-state index is 12.9. The molecule has 0 aliphatic carbocycles. The van der Waals surface area contributed by atoms with E-state index in [1.807, 2.05) is 0 Å². The number of hydrogen-bond donors (Lipinski definition) is 2. The van der Waals surface area contributed by atoms with Crippen molar-refractivity contribution in [3.05, 3.63) is 54.1 Å². The topological polar surface area (TPSA) is 67.5 Å². The molecule has 2 aliphatic rings. The maximum Gasteiger partial charge on any atom is 0.224 e. The molecule has 3 heterocycles. The predicted molar refractivity (Wildman–Crippen MR) is 138 cm³/mol. The highest BCUT2D eigenvalue weighted by Gasteiger charge is 2.27. The Labute approximate surface area is 202 Å². The molecule has 7 nitrogen and oxygen atoms in total. The lowest BCUT2D eigenvalue weighted by Crippen LogP contribution is -2.47. The van der Waals surface area contributed by atoms with Gasteiger partial charge in [-0.2, -0.15) is 0 Å². The number of amides is 1. The Morgan fingerprint density at radius 1 is 1.06 bits per heavy atom. The van der Waals surface area contributed by atoms with E-state index in [-0.39, 0.29) is 11.8 Å². The van der Waals surface area contributed by atoms with E-state index in [1.54, 1.807) is 0 Å². The van der Waals surface area contributed by atoms with Gasteiger partial charge in [0.25, 0.3) is 0 Å². The second kappa shape index (κ2) is 10.5. The summed E-state index contributed by atoms with van der Waals surface area (Å²) in [7, 11) is 0. The molecular formula is C27H36N6O. The van der Waals surface area contributed by atoms with E-state index in [0.29, 0.717) is 0 Å². The van der Waals surface area contributed by atoms with Crippen molar-refractivity contribution in [2.45, 2.75) is 26.2 Å². The van der Waals surface area contributed by atoms with Crippen LogP contribution in [0, 0.1) is 12.8 Å². The summed E-state index contributed by atoms with van der Waals surface area (Å²) in [6.07, 6.45) is 2.96. The summed E-state index contributed by atoms with van der Waals surface area (Å²) in [4.78, 5) is 28.2. The van der Waals surface area contributed by atoms with Gasteiger partial charge in [-0.25, -0.2) is 4.98 Å². The number of nitrogens with one attached hydrogen (secondary N) is 2. The third kappa shape index (κ3) is 5.36. The van der Waals surface area contributed by atoms with Crippen LogP contribution >= 0.6 is 0 Å². The monoisotopic (exact) mass is 460 g/mol. The molecule has 7 heteroatoms. The van der Waals surface area contributed by atoms with Gasteiger partial charge >= 0.3 is 0 Å². The smallest absolute Gasteiger partial charge is 0.224 e. The van der Waals surface area contributed by atoms with E-state index in [9.17, 15) is 4.79 Å². The molecule has 2 saturated heterocycles. The van der Waals surface area contributed by atoms with E-state index in [4.69, 9.17) is 4.98 Å². The number of carbonyl (C=O) groups is 1. The first-order valence-corrected chi connectivity index (χ1v) is 12.7. The van der Waals surface area contributed by atoms with Gasteiger partial charge in [-0.3, -0.25) is 9.69 Å². The molecule has 0 bridgehead atoms. The summed E-state index contributed by atoms with van der Waals surface area (Å²) in [6, 6.07) is 16.9. The SMILES string of the molecule is Cc1ccc2nc(N3CCC[C@@H](C(=O)NCCCN4CCN(c5ccccc5)CC4)C3)[nH]c2c1. The lowest BCUT2D eigenvalue weighted by atomic mass is 9.97. The zero-order valence-electron chi connectivity index (χ0n) is 20.2. The molecule has 2 aromatic carbocycles. The zero-order valence-corrected chi connectivity index (χ0v) is 20.2. The van der Waals surface area contributed by atoms with Gasteiger partial charge in [0.2, 0.25) is 11.9 Å². The number of carbonyl (C=O) groups excluding carboxylic acids is 1. The Kier molecular flexibility index (Phi) is 7.00. The number of piperazine rings is 1. The molecule has 1 amide bonds. The van der Waals surface area contributed by atoms with Gasteiger partial charge in [0.05, 0.1) is 17.0 Å². The molecule has 180 valence electrons. The Hall–Kier alpha value is -3.06. The van der Waals surface area contributed by atoms with Crippen LogP contribution in [0.4, 0.5) is 11.6 Å². The van der Waals surface area contributed by atoms with Crippen LogP contribution in [0.3, 0.4) is 0 Å². The molecule has 0 saturated carbocycles. The van der Waals surface area contributed by atoms with Crippen molar-refractivity contribution >= 4 is 28.6 Å². The van der Waals surface area contributed by atoms with Crippen LogP contribution in [0.5, 0.6) is 0 Å². The number of imidazole rings is 1. The quantitative estimate of drug-likeness (QED) is 0.529. The molecule has 0 unspecified atom stereocenters. The molecule has 2 aliphatic heterocycles. The number of para-hydroxylation sites is 1. The summed E-state index contributed by atoms with van der Waals surface area (Å²) in [5.74, 6) is 1.09. The average molecular weight is 461 g/mol. The number of rotatable bonds is 7. The van der Waals surface area contributed by atoms with Gasteiger partial charge in [0, 0.05) is 51.5 Å². The lowest BCUT2D eigenvalue weighted by Gasteiger charge is -2.36. The second-order valence-electron chi connectivity index (χ2n) is 9.68. The minimum absolute atomic E-state index is 0.0260. The van der Waals surface area contributed by atoms with Gasteiger partial charge in [0.15, 0.2) is 0 Å². The third-order valence-electron chi connectivity index (χ3n) is 7.16. The van der Waals surface area contributed by atoms with Crippen LogP contribution in [0.2, 0.25) is 0 Å². The van der Waals surface area contributed by atoms with Gasteiger partial charge in [-0.1, -0.05) is 24.3 Å². The number of fused-ring (bicyclic) bond motifs is 1. The first-order valence-electron chi connectivity index (χ1n) is 12.7. The van der Waals surface area contributed by atoms with Gasteiger partial charge in [0.1, 0.15) is 0 Å². The number of piperidine rings is 1. The minimum Gasteiger partial charge on any atom is -0.369 e. The molecule has 3 aromatic rings. The van der Waals surface area contributed by atoms with Gasteiger partial charge in [-0.15, -0.1) is 0 Å². The molecule has 1 aromatic heterocycles. The largest absolute Gasteiger partial charge is 0.369 e. The normalized spacial score (nSPS) is 19.5. The average Bonchev–Trinajstić information content (AvgIpc) is 3.31. The molecule has 2 fully saturated rings. The first-order chi connectivity index (χ1) is 16.7. The van der Waals surface area contributed by atoms with Crippen molar-refractivity contribution in [3.63, 3.8) is 0 Å². The Bertz CT molecular complexity index is 1090. The fraction of sp³-hybridized carbons (Fsp3) is 0.481. The fourth-order valence-electron chi connectivity index (χ4n) is 5.17. The number of aryl methyl sites for hydroxylation is 1. The minimum atomic E-state index is 0.0260. The number of H-pyrrole nitrogens is 1. The van der Waals surface area contributed by atoms with Crippen LogP contribution in [-0.4, -0.2) is 73.1 Å². The van der Waals surface area contributed by atoms with E-state index < -0.39 is 0 Å². The summed E-state index contributed by atoms with van der Waals surface area (Å²) in [5, 5.41) is 3.20. The van der Waals surface area contributed by atoms with Crippen LogP contribution in [0.15, 0.2) is 48.5 Å². The number of anilines is 2. The van der Waals surface area contributed by atoms with Crippen molar-refractivity contribution in [1.82, 2.24) is 20.2 Å².